The van der Waals surface area contributed by atoms with Gasteiger partial charge in [0.25, 0.3) is 0 Å². The van der Waals surface area contributed by atoms with Crippen molar-refractivity contribution < 1.29 is 4.79 Å². The third-order valence-electron chi connectivity index (χ3n) is 3.16. The molecule has 2 unspecified atom stereocenters. The van der Waals surface area contributed by atoms with Crippen molar-refractivity contribution in [3.8, 4) is 0 Å². The summed E-state index contributed by atoms with van der Waals surface area (Å²) in [7, 11) is 0. The maximum absolute atomic E-state index is 10.5. The van der Waals surface area contributed by atoms with Crippen LogP contribution >= 0.6 is 0 Å². The topological polar surface area (TPSA) is 55.1 Å². The molecule has 82 valence electrons. The number of hydrogen-bond acceptors (Lipinski definition) is 2. The van der Waals surface area contributed by atoms with Gasteiger partial charge >= 0.3 is 0 Å². The van der Waals surface area contributed by atoms with E-state index < -0.39 is 0 Å². The molecule has 0 bridgehead atoms. The van der Waals surface area contributed by atoms with Crippen LogP contribution in [0.2, 0.25) is 0 Å². The van der Waals surface area contributed by atoms with E-state index in [1.54, 1.807) is 0 Å². The van der Waals surface area contributed by atoms with Gasteiger partial charge in [-0.25, -0.2) is 0 Å². The average Bonchev–Trinajstić information content (AvgIpc) is 2.18. The van der Waals surface area contributed by atoms with Gasteiger partial charge < -0.3 is 11.1 Å². The molecule has 1 fully saturated rings. The molecule has 0 radical (unpaired) electrons. The van der Waals surface area contributed by atoms with Gasteiger partial charge in [-0.1, -0.05) is 26.2 Å². The van der Waals surface area contributed by atoms with E-state index in [0.29, 0.717) is 12.5 Å². The van der Waals surface area contributed by atoms with Crippen molar-refractivity contribution in [2.24, 2.45) is 11.7 Å². The fourth-order valence-electron chi connectivity index (χ4n) is 2.25. The summed E-state index contributed by atoms with van der Waals surface area (Å²) in [5, 5.41) is 3.42. The third kappa shape index (κ3) is 4.09. The summed E-state index contributed by atoms with van der Waals surface area (Å²) in [5.74, 6) is 0.676. The van der Waals surface area contributed by atoms with Crippen LogP contribution in [0, 0.1) is 5.92 Å². The molecule has 0 aromatic rings. The average molecular weight is 198 g/mol. The van der Waals surface area contributed by atoms with Crippen molar-refractivity contribution >= 4 is 5.91 Å². The molecule has 1 amide bonds. The van der Waals surface area contributed by atoms with Gasteiger partial charge in [-0.15, -0.1) is 0 Å². The molecule has 1 saturated carbocycles. The molecule has 14 heavy (non-hydrogen) atoms. The van der Waals surface area contributed by atoms with Gasteiger partial charge in [-0.3, -0.25) is 4.79 Å². The van der Waals surface area contributed by atoms with Crippen molar-refractivity contribution in [3.05, 3.63) is 0 Å². The Balaban J connectivity index is 2.14. The molecule has 0 saturated heterocycles. The first kappa shape index (κ1) is 11.5. The summed E-state index contributed by atoms with van der Waals surface area (Å²) >= 11 is 0. The number of nitrogens with two attached hydrogens (primary N) is 1. The van der Waals surface area contributed by atoms with Crippen LogP contribution < -0.4 is 11.1 Å². The molecule has 3 N–H and O–H groups in total. The minimum atomic E-state index is -0.208. The first-order valence-electron chi connectivity index (χ1n) is 5.74. The zero-order valence-electron chi connectivity index (χ0n) is 9.09. The highest BCUT2D eigenvalue weighted by Gasteiger charge is 2.19. The minimum Gasteiger partial charge on any atom is -0.370 e. The van der Waals surface area contributed by atoms with Crippen LogP contribution in [0.5, 0.6) is 0 Å². The van der Waals surface area contributed by atoms with Crippen molar-refractivity contribution in [2.75, 3.05) is 6.54 Å². The number of primary amides is 1. The molecule has 0 spiro atoms. The zero-order valence-corrected chi connectivity index (χ0v) is 9.09. The fraction of sp³-hybridized carbons (Fsp3) is 0.909. The van der Waals surface area contributed by atoms with Gasteiger partial charge in [-0.05, 0) is 18.8 Å². The molecule has 1 aliphatic rings. The Kier molecular flexibility index (Phi) is 4.94. The number of carbonyl (C=O) groups excluding carboxylic acids is 1. The number of hydrogen-bond donors (Lipinski definition) is 2. The largest absolute Gasteiger partial charge is 0.370 e. The Morgan fingerprint density at radius 2 is 2.29 bits per heavy atom. The van der Waals surface area contributed by atoms with Crippen LogP contribution in [0.15, 0.2) is 0 Å². The predicted octanol–water partition coefficient (Wildman–Crippen LogP) is 1.42. The first-order chi connectivity index (χ1) is 6.72. The summed E-state index contributed by atoms with van der Waals surface area (Å²) in [4.78, 5) is 10.5. The molecule has 0 heterocycles. The van der Waals surface area contributed by atoms with E-state index in [-0.39, 0.29) is 5.91 Å². The molecule has 1 aliphatic carbocycles. The number of amides is 1. The second-order valence-electron chi connectivity index (χ2n) is 4.31. The highest BCUT2D eigenvalue weighted by Crippen LogP contribution is 2.26. The molecule has 3 heteroatoms. The van der Waals surface area contributed by atoms with E-state index in [2.05, 4.69) is 12.2 Å². The quantitative estimate of drug-likeness (QED) is 0.702. The standard InChI is InChI=1S/C11H22N2O/c1-2-9-4-3-5-10(8-9)13-7-6-11(12)14/h9-10,13H,2-8H2,1H3,(H2,12,14). The maximum Gasteiger partial charge on any atom is 0.218 e. The first-order valence-corrected chi connectivity index (χ1v) is 5.74. The lowest BCUT2D eigenvalue weighted by Crippen LogP contribution is -2.35. The molecule has 0 aromatic heterocycles. The number of carbonyl (C=O) groups is 1. The van der Waals surface area contributed by atoms with Gasteiger partial charge in [-0.2, -0.15) is 0 Å². The van der Waals surface area contributed by atoms with Crippen molar-refractivity contribution in [2.45, 2.75) is 51.5 Å². The van der Waals surface area contributed by atoms with E-state index in [1.165, 1.54) is 32.1 Å². The van der Waals surface area contributed by atoms with Crippen LogP contribution in [0.4, 0.5) is 0 Å². The third-order valence-corrected chi connectivity index (χ3v) is 3.16. The smallest absolute Gasteiger partial charge is 0.218 e. The van der Waals surface area contributed by atoms with E-state index >= 15 is 0 Å². The fourth-order valence-corrected chi connectivity index (χ4v) is 2.25. The summed E-state index contributed by atoms with van der Waals surface area (Å²) in [6, 6.07) is 0.619. The van der Waals surface area contributed by atoms with E-state index in [0.717, 1.165) is 12.5 Å². The van der Waals surface area contributed by atoms with Crippen molar-refractivity contribution in [3.63, 3.8) is 0 Å². The van der Waals surface area contributed by atoms with Crippen LogP contribution in [0.25, 0.3) is 0 Å². The Bertz CT molecular complexity index is 182. The molecule has 0 aromatic carbocycles. The summed E-state index contributed by atoms with van der Waals surface area (Å²) in [6.07, 6.45) is 6.99. The lowest BCUT2D eigenvalue weighted by Gasteiger charge is -2.29. The maximum atomic E-state index is 10.5. The predicted molar refractivity (Wildman–Crippen MR) is 57.9 cm³/mol. The van der Waals surface area contributed by atoms with Crippen LogP contribution in [-0.2, 0) is 4.79 Å². The normalized spacial score (nSPS) is 27.5. The molecular weight excluding hydrogens is 176 g/mol. The Morgan fingerprint density at radius 3 is 2.93 bits per heavy atom. The second kappa shape index (κ2) is 6.02. The molecule has 2 atom stereocenters. The number of rotatable bonds is 5. The lowest BCUT2D eigenvalue weighted by molar-refractivity contribution is -0.117. The Morgan fingerprint density at radius 1 is 1.50 bits per heavy atom. The summed E-state index contributed by atoms with van der Waals surface area (Å²) in [6.45, 7) is 3.01. The van der Waals surface area contributed by atoms with Gasteiger partial charge in [0, 0.05) is 19.0 Å². The summed E-state index contributed by atoms with van der Waals surface area (Å²) < 4.78 is 0. The van der Waals surface area contributed by atoms with E-state index in [4.69, 9.17) is 5.73 Å². The second-order valence-corrected chi connectivity index (χ2v) is 4.31. The molecule has 1 rings (SSSR count). The summed E-state index contributed by atoms with van der Waals surface area (Å²) in [5.41, 5.74) is 5.08. The van der Waals surface area contributed by atoms with Crippen LogP contribution in [-0.4, -0.2) is 18.5 Å². The van der Waals surface area contributed by atoms with Gasteiger partial charge in [0.05, 0.1) is 0 Å². The highest BCUT2D eigenvalue weighted by atomic mass is 16.1. The zero-order chi connectivity index (χ0) is 10.4. The van der Waals surface area contributed by atoms with Gasteiger partial charge in [0.15, 0.2) is 0 Å². The highest BCUT2D eigenvalue weighted by molar-refractivity contribution is 5.73. The Hall–Kier alpha value is -0.570. The SMILES string of the molecule is CCC1CCCC(NCCC(N)=O)C1. The van der Waals surface area contributed by atoms with E-state index in [9.17, 15) is 4.79 Å². The number of nitrogens with one attached hydrogen (secondary N) is 1. The monoisotopic (exact) mass is 198 g/mol. The van der Waals surface area contributed by atoms with Gasteiger partial charge in [0.2, 0.25) is 5.91 Å². The molecule has 3 nitrogen and oxygen atoms in total. The molecule has 0 aliphatic heterocycles. The van der Waals surface area contributed by atoms with Crippen LogP contribution in [0.3, 0.4) is 0 Å². The van der Waals surface area contributed by atoms with Crippen molar-refractivity contribution in [1.82, 2.24) is 5.32 Å². The van der Waals surface area contributed by atoms with Gasteiger partial charge in [0.1, 0.15) is 0 Å². The van der Waals surface area contributed by atoms with E-state index in [1.807, 2.05) is 0 Å². The lowest BCUT2D eigenvalue weighted by atomic mass is 9.84. The van der Waals surface area contributed by atoms with Crippen LogP contribution in [0.1, 0.15) is 45.4 Å². The molecular formula is C11H22N2O. The Labute approximate surface area is 86.4 Å². The van der Waals surface area contributed by atoms with Crippen molar-refractivity contribution in [1.29, 1.82) is 0 Å². The minimum absolute atomic E-state index is 0.208.